The Bertz CT molecular complexity index is 209. The van der Waals surface area contributed by atoms with E-state index in [9.17, 15) is 0 Å². The second kappa shape index (κ2) is 8.13. The van der Waals surface area contributed by atoms with Crippen LogP contribution in [0.2, 0.25) is 0 Å². The molecule has 2 aliphatic rings. The fraction of sp³-hybridized carbons (Fsp3) is 1.00. The van der Waals surface area contributed by atoms with Crippen molar-refractivity contribution in [3.05, 3.63) is 0 Å². The van der Waals surface area contributed by atoms with Gasteiger partial charge in [-0.3, -0.25) is 0 Å². The molecule has 3 heteroatoms. The first-order chi connectivity index (χ1) is 8.88. The topological polar surface area (TPSA) is 24.5 Å². The summed E-state index contributed by atoms with van der Waals surface area (Å²) in [6.07, 6.45) is 8.62. The van der Waals surface area contributed by atoms with E-state index < -0.39 is 0 Å². The van der Waals surface area contributed by atoms with E-state index in [4.69, 9.17) is 4.74 Å². The van der Waals surface area contributed by atoms with Crippen molar-refractivity contribution in [3.8, 4) is 0 Å². The zero-order chi connectivity index (χ0) is 12.6. The van der Waals surface area contributed by atoms with Crippen molar-refractivity contribution in [2.75, 3.05) is 39.3 Å². The Morgan fingerprint density at radius 3 is 2.72 bits per heavy atom. The van der Waals surface area contributed by atoms with Gasteiger partial charge >= 0.3 is 0 Å². The number of nitrogens with zero attached hydrogens (tertiary/aromatic N) is 1. The third-order valence-corrected chi connectivity index (χ3v) is 4.42. The van der Waals surface area contributed by atoms with E-state index in [-0.39, 0.29) is 0 Å². The molecule has 0 saturated carbocycles. The zero-order valence-corrected chi connectivity index (χ0v) is 12.0. The molecular formula is C15H30N2O. The van der Waals surface area contributed by atoms with Crippen LogP contribution in [0.4, 0.5) is 0 Å². The van der Waals surface area contributed by atoms with Crippen molar-refractivity contribution in [1.82, 2.24) is 10.2 Å². The summed E-state index contributed by atoms with van der Waals surface area (Å²) in [5, 5.41) is 3.51. The summed E-state index contributed by atoms with van der Waals surface area (Å²) < 4.78 is 5.70. The van der Waals surface area contributed by atoms with Gasteiger partial charge in [-0.2, -0.15) is 0 Å². The molecule has 1 atom stereocenters. The summed E-state index contributed by atoms with van der Waals surface area (Å²) in [5.41, 5.74) is 0. The average molecular weight is 254 g/mol. The lowest BCUT2D eigenvalue weighted by Crippen LogP contribution is -2.38. The average Bonchev–Trinajstić information content (AvgIpc) is 2.42. The number of rotatable bonds is 6. The smallest absolute Gasteiger partial charge is 0.0599 e. The van der Waals surface area contributed by atoms with Crippen LogP contribution in [0.1, 0.15) is 45.4 Å². The molecule has 18 heavy (non-hydrogen) atoms. The quantitative estimate of drug-likeness (QED) is 0.787. The molecule has 0 spiro atoms. The standard InChI is InChI=1S/C15H30N2O/c1-2-18-15-7-11-17(12-8-15)10-4-6-14-5-3-9-16-13-14/h14-16H,2-13H2,1H3. The SMILES string of the molecule is CCOC1CCN(CCCC2CCCNC2)CC1. The van der Waals surface area contributed by atoms with E-state index in [0.29, 0.717) is 6.10 Å². The van der Waals surface area contributed by atoms with Crippen LogP contribution in [0.15, 0.2) is 0 Å². The number of ether oxygens (including phenoxy) is 1. The van der Waals surface area contributed by atoms with Gasteiger partial charge in [0, 0.05) is 19.7 Å². The normalized spacial score (nSPS) is 27.5. The molecule has 2 saturated heterocycles. The van der Waals surface area contributed by atoms with Crippen LogP contribution in [-0.4, -0.2) is 50.3 Å². The number of hydrogen-bond acceptors (Lipinski definition) is 3. The maximum absolute atomic E-state index is 5.70. The van der Waals surface area contributed by atoms with E-state index >= 15 is 0 Å². The molecule has 2 aliphatic heterocycles. The van der Waals surface area contributed by atoms with Gasteiger partial charge in [0.25, 0.3) is 0 Å². The highest BCUT2D eigenvalue weighted by molar-refractivity contribution is 4.74. The Balaban J connectivity index is 1.52. The van der Waals surface area contributed by atoms with Crippen molar-refractivity contribution < 1.29 is 4.74 Å². The molecule has 0 radical (unpaired) electrons. The fourth-order valence-corrected chi connectivity index (χ4v) is 3.31. The fourth-order valence-electron chi connectivity index (χ4n) is 3.31. The summed E-state index contributed by atoms with van der Waals surface area (Å²) in [4.78, 5) is 2.63. The minimum atomic E-state index is 0.536. The molecule has 0 bridgehead atoms. The Morgan fingerprint density at radius 2 is 2.06 bits per heavy atom. The van der Waals surface area contributed by atoms with Crippen molar-refractivity contribution in [2.45, 2.75) is 51.6 Å². The molecule has 0 aromatic rings. The second-order valence-electron chi connectivity index (χ2n) is 5.85. The van der Waals surface area contributed by atoms with E-state index in [2.05, 4.69) is 17.1 Å². The zero-order valence-electron chi connectivity index (χ0n) is 12.0. The lowest BCUT2D eigenvalue weighted by atomic mass is 9.94. The highest BCUT2D eigenvalue weighted by Gasteiger charge is 2.19. The monoisotopic (exact) mass is 254 g/mol. The Hall–Kier alpha value is -0.120. The third-order valence-electron chi connectivity index (χ3n) is 4.42. The van der Waals surface area contributed by atoms with Crippen LogP contribution < -0.4 is 5.32 Å². The first-order valence-corrected chi connectivity index (χ1v) is 7.93. The van der Waals surface area contributed by atoms with E-state index in [1.54, 1.807) is 0 Å². The van der Waals surface area contributed by atoms with Gasteiger partial charge in [-0.05, 0) is 71.0 Å². The van der Waals surface area contributed by atoms with Gasteiger partial charge in [-0.25, -0.2) is 0 Å². The first kappa shape index (κ1) is 14.3. The lowest BCUT2D eigenvalue weighted by Gasteiger charge is -2.32. The number of piperidine rings is 2. The number of likely N-dealkylation sites (tertiary alicyclic amines) is 1. The summed E-state index contributed by atoms with van der Waals surface area (Å²) in [5.74, 6) is 0.944. The molecule has 106 valence electrons. The molecule has 2 fully saturated rings. The molecule has 2 heterocycles. The van der Waals surface area contributed by atoms with Gasteiger partial charge in [0.05, 0.1) is 6.10 Å². The van der Waals surface area contributed by atoms with Crippen molar-refractivity contribution >= 4 is 0 Å². The minimum absolute atomic E-state index is 0.536. The molecular weight excluding hydrogens is 224 g/mol. The highest BCUT2D eigenvalue weighted by Crippen LogP contribution is 2.18. The lowest BCUT2D eigenvalue weighted by molar-refractivity contribution is 0.0137. The number of nitrogens with one attached hydrogen (secondary N) is 1. The second-order valence-corrected chi connectivity index (χ2v) is 5.85. The molecule has 0 aliphatic carbocycles. The molecule has 3 nitrogen and oxygen atoms in total. The van der Waals surface area contributed by atoms with Gasteiger partial charge < -0.3 is 15.0 Å². The molecule has 1 unspecified atom stereocenters. The predicted molar refractivity (Wildman–Crippen MR) is 75.9 cm³/mol. The highest BCUT2D eigenvalue weighted by atomic mass is 16.5. The van der Waals surface area contributed by atoms with Crippen molar-refractivity contribution in [3.63, 3.8) is 0 Å². The largest absolute Gasteiger partial charge is 0.378 e. The van der Waals surface area contributed by atoms with Gasteiger partial charge in [0.1, 0.15) is 0 Å². The van der Waals surface area contributed by atoms with Gasteiger partial charge in [0.15, 0.2) is 0 Å². The van der Waals surface area contributed by atoms with E-state index in [0.717, 1.165) is 12.5 Å². The van der Waals surface area contributed by atoms with Crippen molar-refractivity contribution in [1.29, 1.82) is 0 Å². The Kier molecular flexibility index (Phi) is 6.46. The van der Waals surface area contributed by atoms with Crippen LogP contribution in [0.25, 0.3) is 0 Å². The van der Waals surface area contributed by atoms with Crippen LogP contribution in [0, 0.1) is 5.92 Å². The Morgan fingerprint density at radius 1 is 1.22 bits per heavy atom. The van der Waals surface area contributed by atoms with Gasteiger partial charge in [-0.15, -0.1) is 0 Å². The summed E-state index contributed by atoms with van der Waals surface area (Å²) >= 11 is 0. The third kappa shape index (κ3) is 4.87. The predicted octanol–water partition coefficient (Wildman–Crippen LogP) is 2.27. The van der Waals surface area contributed by atoms with Crippen LogP contribution >= 0.6 is 0 Å². The Labute approximate surface area is 112 Å². The molecule has 0 aromatic carbocycles. The van der Waals surface area contributed by atoms with E-state index in [1.165, 1.54) is 71.2 Å². The first-order valence-electron chi connectivity index (χ1n) is 7.93. The maximum Gasteiger partial charge on any atom is 0.0599 e. The van der Waals surface area contributed by atoms with Crippen LogP contribution in [-0.2, 0) is 4.74 Å². The van der Waals surface area contributed by atoms with Crippen LogP contribution in [0.5, 0.6) is 0 Å². The summed E-state index contributed by atoms with van der Waals surface area (Å²) in [6.45, 7) is 9.26. The maximum atomic E-state index is 5.70. The molecule has 0 amide bonds. The molecule has 2 rings (SSSR count). The van der Waals surface area contributed by atoms with Crippen LogP contribution in [0.3, 0.4) is 0 Å². The van der Waals surface area contributed by atoms with Crippen molar-refractivity contribution in [2.24, 2.45) is 5.92 Å². The summed E-state index contributed by atoms with van der Waals surface area (Å²) in [7, 11) is 0. The molecule has 0 aromatic heterocycles. The molecule has 1 N–H and O–H groups in total. The number of hydrogen-bond donors (Lipinski definition) is 1. The van der Waals surface area contributed by atoms with Gasteiger partial charge in [0.2, 0.25) is 0 Å². The van der Waals surface area contributed by atoms with E-state index in [1.807, 2.05) is 0 Å². The minimum Gasteiger partial charge on any atom is -0.378 e. The summed E-state index contributed by atoms with van der Waals surface area (Å²) in [6, 6.07) is 0. The van der Waals surface area contributed by atoms with Gasteiger partial charge in [-0.1, -0.05) is 0 Å².